The minimum absolute atomic E-state index is 0.468. The summed E-state index contributed by atoms with van der Waals surface area (Å²) in [6.45, 7) is 0. The molecule has 0 aliphatic carbocycles. The maximum Gasteiger partial charge on any atom is 0.126 e. The zero-order valence-electron chi connectivity index (χ0n) is 12.7. The summed E-state index contributed by atoms with van der Waals surface area (Å²) in [6.07, 6.45) is 3.58. The predicted molar refractivity (Wildman–Crippen MR) is 90.3 cm³/mol. The lowest BCUT2D eigenvalue weighted by Gasteiger charge is -2.08. The topological polar surface area (TPSA) is 70.5 Å². The number of hydrogen-bond donors (Lipinski definition) is 2. The van der Waals surface area contributed by atoms with Crippen LogP contribution in [0.4, 0.5) is 0 Å². The first-order valence-corrected chi connectivity index (χ1v) is 6.86. The summed E-state index contributed by atoms with van der Waals surface area (Å²) in [6, 6.07) is 15.2. The Kier molecular flexibility index (Phi) is 5.09. The van der Waals surface area contributed by atoms with E-state index in [0.717, 1.165) is 22.6 Å². The fourth-order valence-electron chi connectivity index (χ4n) is 2.07. The van der Waals surface area contributed by atoms with Crippen molar-refractivity contribution >= 4 is 12.2 Å². The monoisotopic (exact) mass is 296 g/mol. The highest BCUT2D eigenvalue weighted by atomic mass is 16.5. The quantitative estimate of drug-likeness (QED) is 0.832. The van der Waals surface area contributed by atoms with E-state index in [9.17, 15) is 0 Å². The summed E-state index contributed by atoms with van der Waals surface area (Å²) in [4.78, 5) is 0. The number of hydrogen-bond acceptors (Lipinski definition) is 4. The van der Waals surface area contributed by atoms with Crippen LogP contribution in [0, 0.1) is 0 Å². The van der Waals surface area contributed by atoms with Gasteiger partial charge in [-0.25, -0.2) is 0 Å². The van der Waals surface area contributed by atoms with Gasteiger partial charge in [0, 0.05) is 11.1 Å². The van der Waals surface area contributed by atoms with E-state index in [1.165, 1.54) is 0 Å². The zero-order chi connectivity index (χ0) is 15.9. The minimum Gasteiger partial charge on any atom is -0.496 e. The van der Waals surface area contributed by atoms with E-state index in [2.05, 4.69) is 0 Å². The van der Waals surface area contributed by atoms with Crippen LogP contribution < -0.4 is 20.9 Å². The Morgan fingerprint density at radius 2 is 1.09 bits per heavy atom. The Morgan fingerprint density at radius 3 is 1.45 bits per heavy atom. The molecule has 0 aliphatic rings. The van der Waals surface area contributed by atoms with Crippen molar-refractivity contribution in [3.05, 3.63) is 71.1 Å². The van der Waals surface area contributed by atoms with Crippen LogP contribution in [-0.4, -0.2) is 14.2 Å². The third-order valence-corrected chi connectivity index (χ3v) is 3.23. The van der Waals surface area contributed by atoms with E-state index in [1.807, 2.05) is 48.5 Å². The van der Waals surface area contributed by atoms with Gasteiger partial charge in [0.2, 0.25) is 0 Å². The van der Waals surface area contributed by atoms with Gasteiger partial charge in [-0.1, -0.05) is 36.4 Å². The first-order valence-electron chi connectivity index (χ1n) is 6.86. The van der Waals surface area contributed by atoms with Crippen LogP contribution in [0.25, 0.3) is 12.2 Å². The van der Waals surface area contributed by atoms with Crippen molar-refractivity contribution in [2.24, 2.45) is 11.5 Å². The van der Waals surface area contributed by atoms with Gasteiger partial charge < -0.3 is 20.9 Å². The molecule has 0 radical (unpaired) electrons. The first-order chi connectivity index (χ1) is 10.7. The van der Waals surface area contributed by atoms with Crippen molar-refractivity contribution in [3.63, 3.8) is 0 Å². The molecule has 2 aromatic rings. The molecule has 0 saturated carbocycles. The highest BCUT2D eigenvalue weighted by Gasteiger charge is 2.04. The molecule has 22 heavy (non-hydrogen) atoms. The lowest BCUT2D eigenvalue weighted by atomic mass is 10.1. The zero-order valence-corrected chi connectivity index (χ0v) is 12.7. The number of methoxy groups -OCH3 is 2. The van der Waals surface area contributed by atoms with Gasteiger partial charge in [-0.15, -0.1) is 0 Å². The number of benzene rings is 2. The Labute approximate surface area is 130 Å². The number of ether oxygens (including phenoxy) is 2. The molecule has 0 atom stereocenters. The maximum absolute atomic E-state index is 6.08. The van der Waals surface area contributed by atoms with Crippen LogP contribution in [-0.2, 0) is 0 Å². The summed E-state index contributed by atoms with van der Waals surface area (Å²) in [5, 5.41) is 0. The molecule has 0 amide bonds. The van der Waals surface area contributed by atoms with Gasteiger partial charge in [-0.05, 0) is 24.3 Å². The molecule has 0 bridgehead atoms. The average Bonchev–Trinajstić information content (AvgIpc) is 2.55. The van der Waals surface area contributed by atoms with Crippen LogP contribution >= 0.6 is 0 Å². The van der Waals surface area contributed by atoms with Gasteiger partial charge in [0.05, 0.1) is 25.6 Å². The Balaban J connectivity index is 2.33. The molecule has 0 fully saturated rings. The second-order valence-corrected chi connectivity index (χ2v) is 4.68. The molecule has 4 N–H and O–H groups in total. The minimum atomic E-state index is 0.468. The predicted octanol–water partition coefficient (Wildman–Crippen LogP) is 3.00. The maximum atomic E-state index is 6.08. The number of rotatable bonds is 5. The first kappa shape index (κ1) is 15.5. The SMILES string of the molecule is COc1ccccc1C=C(N)C(N)=Cc1ccccc1OC. The van der Waals surface area contributed by atoms with E-state index in [-0.39, 0.29) is 0 Å². The van der Waals surface area contributed by atoms with Crippen LogP contribution in [0.15, 0.2) is 59.9 Å². The van der Waals surface area contributed by atoms with Crippen molar-refractivity contribution in [1.29, 1.82) is 0 Å². The summed E-state index contributed by atoms with van der Waals surface area (Å²) in [5.74, 6) is 1.49. The second kappa shape index (κ2) is 7.22. The lowest BCUT2D eigenvalue weighted by molar-refractivity contribution is 0.413. The van der Waals surface area contributed by atoms with Gasteiger partial charge in [-0.3, -0.25) is 0 Å². The van der Waals surface area contributed by atoms with E-state index < -0.39 is 0 Å². The fraction of sp³-hybridized carbons (Fsp3) is 0.111. The number of para-hydroxylation sites is 2. The molecular weight excluding hydrogens is 276 g/mol. The highest BCUT2D eigenvalue weighted by Crippen LogP contribution is 2.23. The third kappa shape index (κ3) is 3.61. The van der Waals surface area contributed by atoms with Crippen molar-refractivity contribution in [3.8, 4) is 11.5 Å². The molecule has 0 saturated heterocycles. The standard InChI is InChI=1S/C18H20N2O2/c1-21-17-9-5-3-7-13(17)11-15(19)16(20)12-14-8-4-6-10-18(14)22-2/h3-12H,19-20H2,1-2H3. The van der Waals surface area contributed by atoms with E-state index >= 15 is 0 Å². The van der Waals surface area contributed by atoms with Crippen LogP contribution in [0.2, 0.25) is 0 Å². The Hall–Kier alpha value is -2.88. The molecule has 0 unspecified atom stereocenters. The fourth-order valence-corrected chi connectivity index (χ4v) is 2.07. The van der Waals surface area contributed by atoms with Crippen molar-refractivity contribution in [2.45, 2.75) is 0 Å². The molecule has 2 rings (SSSR count). The van der Waals surface area contributed by atoms with E-state index in [4.69, 9.17) is 20.9 Å². The van der Waals surface area contributed by atoms with Crippen molar-refractivity contribution < 1.29 is 9.47 Å². The summed E-state index contributed by atoms with van der Waals surface area (Å²) in [5.41, 5.74) is 14.9. The summed E-state index contributed by atoms with van der Waals surface area (Å²) >= 11 is 0. The molecule has 0 spiro atoms. The Bertz CT molecular complexity index is 644. The second-order valence-electron chi connectivity index (χ2n) is 4.68. The van der Waals surface area contributed by atoms with Gasteiger partial charge in [0.25, 0.3) is 0 Å². The average molecular weight is 296 g/mol. The van der Waals surface area contributed by atoms with Crippen LogP contribution in [0.3, 0.4) is 0 Å². The van der Waals surface area contributed by atoms with Crippen molar-refractivity contribution in [1.82, 2.24) is 0 Å². The van der Waals surface area contributed by atoms with Crippen molar-refractivity contribution in [2.75, 3.05) is 14.2 Å². The van der Waals surface area contributed by atoms with Gasteiger partial charge in [0.1, 0.15) is 11.5 Å². The smallest absolute Gasteiger partial charge is 0.126 e. The lowest BCUT2D eigenvalue weighted by Crippen LogP contribution is -2.09. The van der Waals surface area contributed by atoms with Gasteiger partial charge in [0.15, 0.2) is 0 Å². The molecule has 4 heteroatoms. The normalized spacial score (nSPS) is 12.1. The van der Waals surface area contributed by atoms with E-state index in [0.29, 0.717) is 11.4 Å². The highest BCUT2D eigenvalue weighted by molar-refractivity contribution is 5.68. The Morgan fingerprint density at radius 1 is 0.727 bits per heavy atom. The summed E-state index contributed by atoms with van der Waals surface area (Å²) < 4.78 is 10.6. The molecule has 114 valence electrons. The molecule has 0 aliphatic heterocycles. The van der Waals surface area contributed by atoms with E-state index in [1.54, 1.807) is 26.4 Å². The molecule has 2 aromatic carbocycles. The van der Waals surface area contributed by atoms with Gasteiger partial charge >= 0.3 is 0 Å². The van der Waals surface area contributed by atoms with Crippen LogP contribution in [0.5, 0.6) is 11.5 Å². The molecular formula is C18H20N2O2. The van der Waals surface area contributed by atoms with Crippen LogP contribution in [0.1, 0.15) is 11.1 Å². The molecule has 4 nitrogen and oxygen atoms in total. The summed E-state index contributed by atoms with van der Waals surface area (Å²) in [7, 11) is 3.24. The molecule has 0 aromatic heterocycles. The van der Waals surface area contributed by atoms with Gasteiger partial charge in [-0.2, -0.15) is 0 Å². The third-order valence-electron chi connectivity index (χ3n) is 3.23. The number of nitrogens with two attached hydrogens (primary N) is 2. The largest absolute Gasteiger partial charge is 0.496 e. The molecule has 0 heterocycles.